The number of ether oxygens (including phenoxy) is 1. The van der Waals surface area contributed by atoms with Crippen LogP contribution in [0.4, 0.5) is 0 Å². The van der Waals surface area contributed by atoms with E-state index in [0.717, 1.165) is 16.7 Å². The molecule has 3 nitrogen and oxygen atoms in total. The van der Waals surface area contributed by atoms with Gasteiger partial charge in [0.15, 0.2) is 0 Å². The highest BCUT2D eigenvalue weighted by molar-refractivity contribution is 6.17. The molecular weight excluding hydrogens is 238 g/mol. The Morgan fingerprint density at radius 1 is 1.53 bits per heavy atom. The van der Waals surface area contributed by atoms with Gasteiger partial charge in [-0.1, -0.05) is 0 Å². The van der Waals surface area contributed by atoms with Crippen molar-refractivity contribution in [1.82, 2.24) is 0 Å². The molecule has 0 atom stereocenters. The predicted molar refractivity (Wildman–Crippen MR) is 65.8 cm³/mol. The van der Waals surface area contributed by atoms with Crippen molar-refractivity contribution in [3.8, 4) is 6.07 Å². The Hall–Kier alpha value is -1.53. The van der Waals surface area contributed by atoms with E-state index in [9.17, 15) is 4.79 Å². The van der Waals surface area contributed by atoms with E-state index in [1.165, 1.54) is 0 Å². The second-order valence-electron chi connectivity index (χ2n) is 3.66. The van der Waals surface area contributed by atoms with Crippen molar-refractivity contribution in [3.63, 3.8) is 0 Å². The second-order valence-corrected chi connectivity index (χ2v) is 3.93. The first-order valence-corrected chi connectivity index (χ1v) is 5.89. The van der Waals surface area contributed by atoms with Gasteiger partial charge in [0.05, 0.1) is 24.7 Å². The van der Waals surface area contributed by atoms with Crippen molar-refractivity contribution in [2.45, 2.75) is 26.1 Å². The molecule has 0 aliphatic carbocycles. The Kier molecular flexibility index (Phi) is 4.99. The molecule has 0 fully saturated rings. The molecule has 0 saturated heterocycles. The first kappa shape index (κ1) is 13.5. The summed E-state index contributed by atoms with van der Waals surface area (Å²) >= 11 is 5.86. The summed E-state index contributed by atoms with van der Waals surface area (Å²) in [5, 5.41) is 8.89. The Bertz CT molecular complexity index is 463. The molecule has 0 saturated carbocycles. The molecule has 1 rings (SSSR count). The third-order valence-corrected chi connectivity index (χ3v) is 2.74. The highest BCUT2D eigenvalue weighted by Crippen LogP contribution is 2.20. The number of nitriles is 1. The Morgan fingerprint density at radius 2 is 2.24 bits per heavy atom. The van der Waals surface area contributed by atoms with Crippen LogP contribution in [0, 0.1) is 18.3 Å². The lowest BCUT2D eigenvalue weighted by atomic mass is 9.98. The second kappa shape index (κ2) is 6.27. The number of benzene rings is 1. The first-order valence-electron chi connectivity index (χ1n) is 5.36. The van der Waals surface area contributed by atoms with Gasteiger partial charge >= 0.3 is 5.97 Å². The average Bonchev–Trinajstić information content (AvgIpc) is 2.28. The van der Waals surface area contributed by atoms with Gasteiger partial charge in [0, 0.05) is 5.88 Å². The van der Waals surface area contributed by atoms with Gasteiger partial charge in [-0.25, -0.2) is 0 Å². The van der Waals surface area contributed by atoms with Crippen LogP contribution in [-0.4, -0.2) is 12.6 Å². The minimum Gasteiger partial charge on any atom is -0.466 e. The van der Waals surface area contributed by atoms with Gasteiger partial charge in [-0.05, 0) is 42.7 Å². The van der Waals surface area contributed by atoms with Gasteiger partial charge < -0.3 is 4.74 Å². The molecule has 4 heteroatoms. The molecule has 90 valence electrons. The van der Waals surface area contributed by atoms with Gasteiger partial charge in [0.1, 0.15) is 0 Å². The van der Waals surface area contributed by atoms with Crippen LogP contribution in [-0.2, 0) is 21.8 Å². The monoisotopic (exact) mass is 251 g/mol. The molecule has 0 bridgehead atoms. The molecule has 17 heavy (non-hydrogen) atoms. The first-order chi connectivity index (χ1) is 8.12. The lowest BCUT2D eigenvalue weighted by molar-refractivity contribution is -0.142. The van der Waals surface area contributed by atoms with Crippen molar-refractivity contribution in [2.24, 2.45) is 0 Å². The van der Waals surface area contributed by atoms with Crippen LogP contribution in [0.3, 0.4) is 0 Å². The molecule has 1 aromatic rings. The van der Waals surface area contributed by atoms with Crippen LogP contribution in [0.2, 0.25) is 0 Å². The molecule has 0 aliphatic rings. The van der Waals surface area contributed by atoms with Crippen molar-refractivity contribution >= 4 is 17.6 Å². The van der Waals surface area contributed by atoms with Gasteiger partial charge in [0.25, 0.3) is 0 Å². The fourth-order valence-electron chi connectivity index (χ4n) is 1.67. The van der Waals surface area contributed by atoms with E-state index < -0.39 is 0 Å². The summed E-state index contributed by atoms with van der Waals surface area (Å²) in [4.78, 5) is 11.4. The average molecular weight is 252 g/mol. The molecule has 0 spiro atoms. The van der Waals surface area contributed by atoms with Gasteiger partial charge in [-0.15, -0.1) is 11.6 Å². The molecule has 0 unspecified atom stereocenters. The number of esters is 1. The van der Waals surface area contributed by atoms with Crippen LogP contribution in [0.5, 0.6) is 0 Å². The number of rotatable bonds is 4. The van der Waals surface area contributed by atoms with E-state index in [2.05, 4.69) is 6.07 Å². The molecule has 0 aliphatic heterocycles. The van der Waals surface area contributed by atoms with E-state index in [1.54, 1.807) is 19.1 Å². The number of hydrogen-bond donors (Lipinski definition) is 0. The van der Waals surface area contributed by atoms with E-state index >= 15 is 0 Å². The predicted octanol–water partition coefficient (Wildman–Crippen LogP) is 2.71. The zero-order valence-electron chi connectivity index (χ0n) is 9.92. The van der Waals surface area contributed by atoms with E-state index in [0.29, 0.717) is 18.1 Å². The highest BCUT2D eigenvalue weighted by Gasteiger charge is 2.12. The maximum Gasteiger partial charge on any atom is 0.310 e. The number of carbonyl (C=O) groups excluding carboxylic acids is 1. The van der Waals surface area contributed by atoms with Crippen molar-refractivity contribution in [3.05, 3.63) is 34.4 Å². The largest absolute Gasteiger partial charge is 0.466 e. The number of carbonyl (C=O) groups is 1. The minimum absolute atomic E-state index is 0.159. The lowest BCUT2D eigenvalue weighted by Crippen LogP contribution is -2.10. The fourth-order valence-corrected chi connectivity index (χ4v) is 2.05. The molecule has 0 N–H and O–H groups in total. The molecular formula is C13H14ClNO2. The summed E-state index contributed by atoms with van der Waals surface area (Å²) in [6.07, 6.45) is 0.159. The zero-order chi connectivity index (χ0) is 12.8. The fraction of sp³-hybridized carbons (Fsp3) is 0.385. The summed E-state index contributed by atoms with van der Waals surface area (Å²) in [7, 11) is 0. The SMILES string of the molecule is CCOC(=O)Cc1cc(C#N)cc(C)c1CCl. The van der Waals surface area contributed by atoms with E-state index in [-0.39, 0.29) is 12.4 Å². The minimum atomic E-state index is -0.298. The normalized spacial score (nSPS) is 9.76. The summed E-state index contributed by atoms with van der Waals surface area (Å²) < 4.78 is 4.89. The van der Waals surface area contributed by atoms with E-state index in [1.807, 2.05) is 6.92 Å². The standard InChI is InChI=1S/C13H14ClNO2/c1-3-17-13(16)6-11-5-10(8-15)4-9(2)12(11)7-14/h4-5H,3,6-7H2,1-2H3. The number of alkyl halides is 1. The molecule has 0 aromatic heterocycles. The summed E-state index contributed by atoms with van der Waals surface area (Å²) in [6, 6.07) is 5.54. The zero-order valence-corrected chi connectivity index (χ0v) is 10.7. The van der Waals surface area contributed by atoms with Gasteiger partial charge in [0.2, 0.25) is 0 Å². The number of nitrogens with zero attached hydrogens (tertiary/aromatic N) is 1. The Morgan fingerprint density at radius 3 is 2.76 bits per heavy atom. The van der Waals surface area contributed by atoms with Crippen LogP contribution in [0.15, 0.2) is 12.1 Å². The van der Waals surface area contributed by atoms with Gasteiger partial charge in [-0.3, -0.25) is 4.79 Å². The van der Waals surface area contributed by atoms with E-state index in [4.69, 9.17) is 21.6 Å². The van der Waals surface area contributed by atoms with Crippen LogP contribution < -0.4 is 0 Å². The van der Waals surface area contributed by atoms with Gasteiger partial charge in [-0.2, -0.15) is 5.26 Å². The smallest absolute Gasteiger partial charge is 0.310 e. The maximum absolute atomic E-state index is 11.4. The number of hydrogen-bond acceptors (Lipinski definition) is 3. The van der Waals surface area contributed by atoms with Crippen LogP contribution >= 0.6 is 11.6 Å². The third kappa shape index (κ3) is 3.47. The Balaban J connectivity index is 3.08. The Labute approximate surface area is 106 Å². The number of aryl methyl sites for hydroxylation is 1. The quantitative estimate of drug-likeness (QED) is 0.611. The summed E-state index contributed by atoms with van der Waals surface area (Å²) in [5.74, 6) is 0.0279. The topological polar surface area (TPSA) is 50.1 Å². The summed E-state index contributed by atoms with van der Waals surface area (Å²) in [6.45, 7) is 4.00. The van der Waals surface area contributed by atoms with Crippen LogP contribution in [0.25, 0.3) is 0 Å². The van der Waals surface area contributed by atoms with Crippen LogP contribution in [0.1, 0.15) is 29.2 Å². The molecule has 0 heterocycles. The molecule has 0 amide bonds. The lowest BCUT2D eigenvalue weighted by Gasteiger charge is -2.10. The molecule has 0 radical (unpaired) electrons. The van der Waals surface area contributed by atoms with Crippen molar-refractivity contribution in [2.75, 3.05) is 6.61 Å². The van der Waals surface area contributed by atoms with Crippen molar-refractivity contribution < 1.29 is 9.53 Å². The number of halogens is 1. The van der Waals surface area contributed by atoms with Crippen molar-refractivity contribution in [1.29, 1.82) is 5.26 Å². The summed E-state index contributed by atoms with van der Waals surface area (Å²) in [5.41, 5.74) is 3.14. The molecule has 1 aromatic carbocycles. The third-order valence-electron chi connectivity index (χ3n) is 2.47. The maximum atomic E-state index is 11.4. The highest BCUT2D eigenvalue weighted by atomic mass is 35.5.